The van der Waals surface area contributed by atoms with Gasteiger partial charge in [0.05, 0.1) is 37.4 Å². The van der Waals surface area contributed by atoms with Crippen molar-refractivity contribution in [2.75, 3.05) is 32.1 Å². The van der Waals surface area contributed by atoms with Gasteiger partial charge in [-0.05, 0) is 12.1 Å². The van der Waals surface area contributed by atoms with Crippen molar-refractivity contribution in [3.05, 3.63) is 40.8 Å². The zero-order valence-corrected chi connectivity index (χ0v) is 17.2. The average molecular weight is 456 g/mol. The van der Waals surface area contributed by atoms with Crippen LogP contribution in [0.25, 0.3) is 11.3 Å². The van der Waals surface area contributed by atoms with E-state index in [4.69, 9.17) is 14.7 Å². The van der Waals surface area contributed by atoms with E-state index in [0.29, 0.717) is 35.7 Å². The molecule has 9 nitrogen and oxygen atoms in total. The van der Waals surface area contributed by atoms with Crippen LogP contribution >= 0.6 is 15.9 Å². The van der Waals surface area contributed by atoms with Gasteiger partial charge in [0.1, 0.15) is 23.4 Å². The van der Waals surface area contributed by atoms with Crippen LogP contribution < -0.4 is 20.1 Å². The molecule has 3 N–H and O–H groups in total. The van der Waals surface area contributed by atoms with Crippen LogP contribution in [0.15, 0.2) is 35.1 Å². The van der Waals surface area contributed by atoms with Crippen molar-refractivity contribution < 1.29 is 9.47 Å². The number of hydrogen-bond donors (Lipinski definition) is 3. The van der Waals surface area contributed by atoms with Crippen LogP contribution in [0.3, 0.4) is 0 Å². The van der Waals surface area contributed by atoms with Crippen LogP contribution in [0.1, 0.15) is 5.69 Å². The van der Waals surface area contributed by atoms with Crippen molar-refractivity contribution in [2.45, 2.75) is 0 Å². The number of hydrogen-bond acceptors (Lipinski definition) is 8. The van der Waals surface area contributed by atoms with Crippen LogP contribution in [-0.4, -0.2) is 47.0 Å². The fraction of sp³-hybridized carbons (Fsp3) is 0.263. The van der Waals surface area contributed by atoms with Crippen molar-refractivity contribution >= 4 is 27.6 Å². The summed E-state index contributed by atoms with van der Waals surface area (Å²) >= 11 is 3.51. The number of halogens is 1. The van der Waals surface area contributed by atoms with Gasteiger partial charge in [-0.1, -0.05) is 15.9 Å². The quantitative estimate of drug-likeness (QED) is 0.497. The van der Waals surface area contributed by atoms with E-state index in [-0.39, 0.29) is 5.69 Å². The lowest BCUT2D eigenvalue weighted by Crippen LogP contribution is -2.45. The SMILES string of the molecule is COc1cc(Br)cc(OCC2CNC2)c1-c1cc(Nc2cnc(C#N)cn2)n[nH]1. The Morgan fingerprint density at radius 3 is 2.69 bits per heavy atom. The Labute approximate surface area is 175 Å². The Morgan fingerprint density at radius 2 is 2.03 bits per heavy atom. The van der Waals surface area contributed by atoms with Gasteiger partial charge in [-0.25, -0.2) is 9.97 Å². The second-order valence-corrected chi connectivity index (χ2v) is 7.42. The maximum absolute atomic E-state index is 8.82. The summed E-state index contributed by atoms with van der Waals surface area (Å²) in [4.78, 5) is 8.13. The van der Waals surface area contributed by atoms with E-state index in [2.05, 4.69) is 46.7 Å². The lowest BCUT2D eigenvalue weighted by atomic mass is 10.1. The third-order valence-electron chi connectivity index (χ3n) is 4.46. The van der Waals surface area contributed by atoms with Crippen molar-refractivity contribution in [1.82, 2.24) is 25.5 Å². The Balaban J connectivity index is 1.60. The predicted molar refractivity (Wildman–Crippen MR) is 110 cm³/mol. The Kier molecular flexibility index (Phi) is 5.59. The standard InChI is InChI=1S/C19H18BrN7O2/c1-28-15-2-12(20)3-16(29-10-11-6-22-7-11)19(15)14-4-17(27-26-14)25-18-9-23-13(5-21)8-24-18/h2-4,8-9,11,22H,6-7,10H2,1H3,(H2,24,25,26,27). The highest BCUT2D eigenvalue weighted by Gasteiger charge is 2.21. The summed E-state index contributed by atoms with van der Waals surface area (Å²) in [5.41, 5.74) is 1.77. The number of rotatable bonds is 7. The number of aromatic amines is 1. The first-order valence-electron chi connectivity index (χ1n) is 8.92. The van der Waals surface area contributed by atoms with E-state index in [9.17, 15) is 0 Å². The minimum atomic E-state index is 0.251. The molecule has 0 bridgehead atoms. The molecule has 2 aromatic heterocycles. The third kappa shape index (κ3) is 4.31. The molecule has 0 saturated carbocycles. The lowest BCUT2D eigenvalue weighted by molar-refractivity contribution is 0.199. The molecule has 1 saturated heterocycles. The first kappa shape index (κ1) is 19.2. The number of aromatic nitrogens is 4. The summed E-state index contributed by atoms with van der Waals surface area (Å²) in [6.45, 7) is 2.55. The molecule has 1 aliphatic rings. The van der Waals surface area contributed by atoms with Crippen molar-refractivity contribution in [1.29, 1.82) is 5.26 Å². The molecule has 1 aliphatic heterocycles. The maximum Gasteiger partial charge on any atom is 0.158 e. The fourth-order valence-electron chi connectivity index (χ4n) is 2.87. The normalized spacial score (nSPS) is 13.4. The van der Waals surface area contributed by atoms with E-state index in [0.717, 1.165) is 28.8 Å². The molecule has 0 unspecified atom stereocenters. The van der Waals surface area contributed by atoms with Gasteiger partial charge in [0.2, 0.25) is 0 Å². The Bertz CT molecular complexity index is 1040. The van der Waals surface area contributed by atoms with Gasteiger partial charge < -0.3 is 20.1 Å². The van der Waals surface area contributed by atoms with Crippen molar-refractivity contribution in [2.24, 2.45) is 5.92 Å². The summed E-state index contributed by atoms with van der Waals surface area (Å²) in [5, 5.41) is 22.4. The predicted octanol–water partition coefficient (Wildman–Crippen LogP) is 2.85. The molecule has 1 aromatic carbocycles. The number of benzene rings is 1. The number of nitrogens with zero attached hydrogens (tertiary/aromatic N) is 4. The molecule has 0 aliphatic carbocycles. The number of anilines is 2. The highest BCUT2D eigenvalue weighted by molar-refractivity contribution is 9.10. The molecule has 0 amide bonds. The van der Waals surface area contributed by atoms with Crippen LogP contribution in [0.2, 0.25) is 0 Å². The van der Waals surface area contributed by atoms with Crippen LogP contribution in [0.5, 0.6) is 11.5 Å². The summed E-state index contributed by atoms with van der Waals surface area (Å²) in [5.74, 6) is 2.91. The zero-order valence-electron chi connectivity index (χ0n) is 15.6. The number of nitrogens with one attached hydrogen (secondary N) is 3. The largest absolute Gasteiger partial charge is 0.496 e. The van der Waals surface area contributed by atoms with Gasteiger partial charge in [0.25, 0.3) is 0 Å². The molecule has 29 heavy (non-hydrogen) atoms. The highest BCUT2D eigenvalue weighted by Crippen LogP contribution is 2.41. The molecule has 148 valence electrons. The zero-order chi connectivity index (χ0) is 20.2. The number of H-pyrrole nitrogens is 1. The molecule has 4 rings (SSSR count). The van der Waals surface area contributed by atoms with E-state index in [1.165, 1.54) is 12.4 Å². The third-order valence-corrected chi connectivity index (χ3v) is 4.92. The minimum absolute atomic E-state index is 0.251. The first-order chi connectivity index (χ1) is 14.2. The van der Waals surface area contributed by atoms with E-state index in [1.54, 1.807) is 7.11 Å². The van der Waals surface area contributed by atoms with Gasteiger partial charge in [-0.15, -0.1) is 0 Å². The topological polar surface area (TPSA) is 121 Å². The van der Waals surface area contributed by atoms with Crippen LogP contribution in [0.4, 0.5) is 11.6 Å². The summed E-state index contributed by atoms with van der Waals surface area (Å²) < 4.78 is 12.5. The van der Waals surface area contributed by atoms with Gasteiger partial charge in [-0.2, -0.15) is 10.4 Å². The molecular formula is C19H18BrN7O2. The summed E-state index contributed by atoms with van der Waals surface area (Å²) in [6, 6.07) is 7.58. The average Bonchev–Trinajstić information content (AvgIpc) is 3.14. The molecule has 0 spiro atoms. The second kappa shape index (κ2) is 8.46. The van der Waals surface area contributed by atoms with Gasteiger partial charge in [0.15, 0.2) is 11.5 Å². The minimum Gasteiger partial charge on any atom is -0.496 e. The molecule has 3 aromatic rings. The molecule has 3 heterocycles. The molecular weight excluding hydrogens is 438 g/mol. The lowest BCUT2D eigenvalue weighted by Gasteiger charge is -2.27. The van der Waals surface area contributed by atoms with Gasteiger partial charge in [0, 0.05) is 29.5 Å². The summed E-state index contributed by atoms with van der Waals surface area (Å²) in [6.07, 6.45) is 2.88. The molecule has 0 atom stereocenters. The molecule has 1 fully saturated rings. The Hall–Kier alpha value is -3.16. The van der Waals surface area contributed by atoms with E-state index < -0.39 is 0 Å². The van der Waals surface area contributed by atoms with Gasteiger partial charge in [-0.3, -0.25) is 5.10 Å². The smallest absolute Gasteiger partial charge is 0.158 e. The molecule has 0 radical (unpaired) electrons. The number of ether oxygens (including phenoxy) is 2. The number of nitriles is 1. The first-order valence-corrected chi connectivity index (χ1v) is 9.71. The van der Waals surface area contributed by atoms with Crippen molar-refractivity contribution in [3.8, 4) is 28.8 Å². The van der Waals surface area contributed by atoms with Gasteiger partial charge >= 0.3 is 0 Å². The highest BCUT2D eigenvalue weighted by atomic mass is 79.9. The fourth-order valence-corrected chi connectivity index (χ4v) is 3.28. The van der Waals surface area contributed by atoms with E-state index >= 15 is 0 Å². The van der Waals surface area contributed by atoms with Crippen molar-refractivity contribution in [3.63, 3.8) is 0 Å². The summed E-state index contributed by atoms with van der Waals surface area (Å²) in [7, 11) is 1.62. The van der Waals surface area contributed by atoms with Crippen LogP contribution in [-0.2, 0) is 0 Å². The maximum atomic E-state index is 8.82. The van der Waals surface area contributed by atoms with Crippen LogP contribution in [0, 0.1) is 17.2 Å². The second-order valence-electron chi connectivity index (χ2n) is 6.51. The molecule has 10 heteroatoms. The van der Waals surface area contributed by atoms with E-state index in [1.807, 2.05) is 24.3 Å². The number of methoxy groups -OCH3 is 1. The monoisotopic (exact) mass is 455 g/mol. The Morgan fingerprint density at radius 1 is 1.21 bits per heavy atom.